The van der Waals surface area contributed by atoms with Gasteiger partial charge >= 0.3 is 30.1 Å². The van der Waals surface area contributed by atoms with E-state index in [4.69, 9.17) is 25.1 Å². The van der Waals surface area contributed by atoms with Crippen molar-refractivity contribution in [2.24, 2.45) is 11.7 Å². The van der Waals surface area contributed by atoms with E-state index in [-0.39, 0.29) is 36.2 Å². The number of hydrogen-bond acceptors (Lipinski definition) is 9. The number of amides is 1. The maximum Gasteiger partial charge on any atom is 0.490 e. The van der Waals surface area contributed by atoms with Crippen LogP contribution in [-0.2, 0) is 39.9 Å². The quantitative estimate of drug-likeness (QED) is 0.206. The summed E-state index contributed by atoms with van der Waals surface area (Å²) in [4.78, 5) is 57.0. The maximum atomic E-state index is 12.5. The number of nitrogens with two attached hydrogens (primary N) is 1. The molecule has 39 heavy (non-hydrogen) atoms. The van der Waals surface area contributed by atoms with Gasteiger partial charge in [-0.1, -0.05) is 32.6 Å². The molecule has 0 saturated carbocycles. The number of carbonyl (C=O) groups is 5. The van der Waals surface area contributed by atoms with Crippen LogP contribution in [-0.4, -0.2) is 66.4 Å². The average molecular weight is 563 g/mol. The SMILES string of the molecule is C=C(CC(=O)Oc1ccc(CC(NC(=O)C(N)C(C)C)C(=O)OC(C)C)cc1)C(=O)OC.O=C(O)C(F)(F)F. The van der Waals surface area contributed by atoms with Crippen LogP contribution in [0.4, 0.5) is 13.2 Å². The van der Waals surface area contributed by atoms with Gasteiger partial charge in [-0.25, -0.2) is 14.4 Å². The van der Waals surface area contributed by atoms with Gasteiger partial charge in [0.1, 0.15) is 11.8 Å². The van der Waals surface area contributed by atoms with Gasteiger partial charge in [-0.15, -0.1) is 0 Å². The summed E-state index contributed by atoms with van der Waals surface area (Å²) < 4.78 is 46.7. The molecule has 0 aliphatic heterocycles. The lowest BCUT2D eigenvalue weighted by Crippen LogP contribution is -2.51. The van der Waals surface area contributed by atoms with Gasteiger partial charge in [0.05, 0.1) is 25.7 Å². The van der Waals surface area contributed by atoms with Crippen molar-refractivity contribution >= 4 is 29.8 Å². The molecule has 2 atom stereocenters. The van der Waals surface area contributed by atoms with Crippen molar-refractivity contribution in [3.05, 3.63) is 42.0 Å². The third-order valence-corrected chi connectivity index (χ3v) is 4.64. The van der Waals surface area contributed by atoms with Gasteiger partial charge in [-0.3, -0.25) is 9.59 Å². The van der Waals surface area contributed by atoms with E-state index in [0.29, 0.717) is 5.56 Å². The maximum absolute atomic E-state index is 12.5. The van der Waals surface area contributed by atoms with E-state index < -0.39 is 48.0 Å². The zero-order chi connectivity index (χ0) is 30.5. The second-order valence-corrected chi connectivity index (χ2v) is 8.71. The summed E-state index contributed by atoms with van der Waals surface area (Å²) in [7, 11) is 1.20. The van der Waals surface area contributed by atoms with E-state index in [1.165, 1.54) is 7.11 Å². The average Bonchev–Trinajstić information content (AvgIpc) is 2.82. The van der Waals surface area contributed by atoms with Crippen LogP contribution in [0.1, 0.15) is 39.7 Å². The Morgan fingerprint density at radius 1 is 1.05 bits per heavy atom. The number of ether oxygens (including phenoxy) is 3. The van der Waals surface area contributed by atoms with Gasteiger partial charge in [0.15, 0.2) is 0 Å². The Hall–Kier alpha value is -3.94. The van der Waals surface area contributed by atoms with E-state index in [1.807, 2.05) is 13.8 Å². The van der Waals surface area contributed by atoms with Crippen LogP contribution in [0.3, 0.4) is 0 Å². The van der Waals surface area contributed by atoms with Crippen LogP contribution in [0.15, 0.2) is 36.4 Å². The smallest absolute Gasteiger partial charge is 0.475 e. The molecule has 1 aromatic carbocycles. The van der Waals surface area contributed by atoms with E-state index in [1.54, 1.807) is 38.1 Å². The Morgan fingerprint density at radius 2 is 1.56 bits per heavy atom. The number of carbonyl (C=O) groups excluding carboxylic acids is 4. The lowest BCUT2D eigenvalue weighted by atomic mass is 10.0. The fraction of sp³-hybridized carbons (Fsp3) is 0.480. The second-order valence-electron chi connectivity index (χ2n) is 8.71. The molecule has 1 aromatic rings. The van der Waals surface area contributed by atoms with Crippen LogP contribution in [0.5, 0.6) is 5.75 Å². The van der Waals surface area contributed by atoms with Crippen molar-refractivity contribution in [2.45, 2.75) is 64.9 Å². The van der Waals surface area contributed by atoms with Gasteiger partial charge in [0.25, 0.3) is 0 Å². The molecule has 2 unspecified atom stereocenters. The molecule has 0 aliphatic rings. The van der Waals surface area contributed by atoms with E-state index in [0.717, 1.165) is 0 Å². The number of carboxylic acids is 1. The number of carboxylic acid groups (broad SMARTS) is 1. The van der Waals surface area contributed by atoms with Crippen molar-refractivity contribution in [1.82, 2.24) is 5.32 Å². The second kappa shape index (κ2) is 16.1. The first-order valence-electron chi connectivity index (χ1n) is 11.5. The van der Waals surface area contributed by atoms with Gasteiger partial charge in [0.2, 0.25) is 5.91 Å². The van der Waals surface area contributed by atoms with E-state index in [9.17, 15) is 32.3 Å². The Bertz CT molecular complexity index is 1020. The number of halogens is 3. The number of nitrogens with one attached hydrogen (secondary N) is 1. The first-order valence-corrected chi connectivity index (χ1v) is 11.5. The Kier molecular flexibility index (Phi) is 14.5. The Morgan fingerprint density at radius 3 is 1.97 bits per heavy atom. The molecule has 0 aliphatic carbocycles. The number of hydrogen-bond donors (Lipinski definition) is 3. The summed E-state index contributed by atoms with van der Waals surface area (Å²) in [6.45, 7) is 10.5. The number of benzene rings is 1. The lowest BCUT2D eigenvalue weighted by Gasteiger charge is -2.22. The van der Waals surface area contributed by atoms with Crippen molar-refractivity contribution < 1.29 is 56.5 Å². The van der Waals surface area contributed by atoms with Crippen LogP contribution >= 0.6 is 0 Å². The molecule has 0 saturated heterocycles. The minimum atomic E-state index is -5.08. The van der Waals surface area contributed by atoms with Gasteiger partial charge in [-0.2, -0.15) is 13.2 Å². The molecular weight excluding hydrogens is 529 g/mol. The molecule has 1 rings (SSSR count). The molecule has 4 N–H and O–H groups in total. The van der Waals surface area contributed by atoms with Crippen molar-refractivity contribution in [3.8, 4) is 5.75 Å². The van der Waals surface area contributed by atoms with Gasteiger partial charge in [-0.05, 0) is 37.5 Å². The predicted molar refractivity (Wildman–Crippen MR) is 131 cm³/mol. The van der Waals surface area contributed by atoms with Crippen LogP contribution in [0.25, 0.3) is 0 Å². The first kappa shape index (κ1) is 35.1. The number of aliphatic carboxylic acids is 1. The highest BCUT2D eigenvalue weighted by atomic mass is 19.4. The summed E-state index contributed by atoms with van der Waals surface area (Å²) in [6, 6.07) is 4.71. The van der Waals surface area contributed by atoms with Gasteiger partial charge < -0.3 is 30.4 Å². The standard InChI is InChI=1S/C23H32N2O7.C2HF3O2/c1-13(2)20(24)21(27)25-18(23(29)31-14(3)4)12-16-7-9-17(10-8-16)32-19(26)11-15(5)22(28)30-6;3-2(4,5)1(6)7/h7-10,13-14,18,20H,5,11-12,24H2,1-4,6H3,(H,25,27);(H,6,7). The topological polar surface area (TPSA) is 171 Å². The predicted octanol–water partition coefficient (Wildman–Crippen LogP) is 2.31. The minimum Gasteiger partial charge on any atom is -0.475 e. The molecule has 14 heteroatoms. The summed E-state index contributed by atoms with van der Waals surface area (Å²) in [5, 5.41) is 9.78. The molecule has 1 amide bonds. The number of alkyl halides is 3. The normalized spacial score (nSPS) is 12.4. The summed E-state index contributed by atoms with van der Waals surface area (Å²) in [5.74, 6) is -4.96. The summed E-state index contributed by atoms with van der Waals surface area (Å²) in [6.07, 6.45) is -5.57. The van der Waals surface area contributed by atoms with Crippen LogP contribution < -0.4 is 15.8 Å². The third-order valence-electron chi connectivity index (χ3n) is 4.64. The molecule has 0 radical (unpaired) electrons. The van der Waals surface area contributed by atoms with Crippen molar-refractivity contribution in [3.63, 3.8) is 0 Å². The molecule has 11 nitrogen and oxygen atoms in total. The van der Waals surface area contributed by atoms with Crippen LogP contribution in [0.2, 0.25) is 0 Å². The Balaban J connectivity index is 0.00000181. The van der Waals surface area contributed by atoms with E-state index >= 15 is 0 Å². The van der Waals surface area contributed by atoms with Gasteiger partial charge in [0, 0.05) is 12.0 Å². The minimum absolute atomic E-state index is 0.0176. The highest BCUT2D eigenvalue weighted by Gasteiger charge is 2.38. The fourth-order valence-electron chi connectivity index (χ4n) is 2.57. The van der Waals surface area contributed by atoms with Crippen molar-refractivity contribution in [1.29, 1.82) is 0 Å². The Labute approximate surface area is 223 Å². The zero-order valence-corrected chi connectivity index (χ0v) is 22.2. The molecular formula is C25H33F3N2O9. The summed E-state index contributed by atoms with van der Waals surface area (Å²) >= 11 is 0. The number of esters is 3. The lowest BCUT2D eigenvalue weighted by molar-refractivity contribution is -0.192. The number of methoxy groups -OCH3 is 1. The molecule has 0 bridgehead atoms. The van der Waals surface area contributed by atoms with Crippen LogP contribution in [0, 0.1) is 5.92 Å². The monoisotopic (exact) mass is 562 g/mol. The highest BCUT2D eigenvalue weighted by molar-refractivity contribution is 5.93. The fourth-order valence-corrected chi connectivity index (χ4v) is 2.57. The molecule has 0 heterocycles. The molecule has 0 fully saturated rings. The largest absolute Gasteiger partial charge is 0.490 e. The van der Waals surface area contributed by atoms with Crippen molar-refractivity contribution in [2.75, 3.05) is 7.11 Å². The summed E-state index contributed by atoms with van der Waals surface area (Å²) in [5.41, 5.74) is 6.57. The molecule has 218 valence electrons. The first-order chi connectivity index (χ1) is 17.9. The zero-order valence-electron chi connectivity index (χ0n) is 22.2. The highest BCUT2D eigenvalue weighted by Crippen LogP contribution is 2.16. The van der Waals surface area contributed by atoms with E-state index in [2.05, 4.69) is 16.6 Å². The molecule has 0 aromatic heterocycles. The third kappa shape index (κ3) is 14.0. The molecule has 0 spiro atoms. The number of rotatable bonds is 11.